The van der Waals surface area contributed by atoms with Gasteiger partial charge in [-0.3, -0.25) is 5.43 Å². The van der Waals surface area contributed by atoms with E-state index in [1.165, 1.54) is 23.5 Å². The number of nitrogens with zero attached hydrogens (tertiary/aromatic N) is 2. The minimum Gasteiger partial charge on any atom is -0.494 e. The third kappa shape index (κ3) is 17.6. The van der Waals surface area contributed by atoms with E-state index < -0.39 is 0 Å². The Kier molecular flexibility index (Phi) is 20.5. The highest BCUT2D eigenvalue weighted by Crippen LogP contribution is 2.27. The number of hydrogen-bond donors (Lipinski definition) is 1. The van der Waals surface area contributed by atoms with E-state index in [0.29, 0.717) is 86.5 Å². The molecule has 328 valence electrons. The fourth-order valence-corrected chi connectivity index (χ4v) is 6.59. The number of unbranched alkanes of at least 4 members (excludes halogenated alkanes) is 6. The minimum absolute atomic E-state index is 0.297. The van der Waals surface area contributed by atoms with Crippen molar-refractivity contribution in [1.82, 2.24) is 4.98 Å². The maximum absolute atomic E-state index is 11.1. The predicted molar refractivity (Wildman–Crippen MR) is 242 cm³/mol. The van der Waals surface area contributed by atoms with Crippen molar-refractivity contribution in [2.75, 3.05) is 58.3 Å². The van der Waals surface area contributed by atoms with Gasteiger partial charge in [-0.25, -0.2) is 14.6 Å². The van der Waals surface area contributed by atoms with Crippen molar-refractivity contribution in [3.8, 4) is 34.5 Å². The van der Waals surface area contributed by atoms with E-state index in [4.69, 9.17) is 37.9 Å². The number of carbonyl (C=O) groups excluding carboxylic acids is 2. The number of hydrogen-bond acceptors (Lipinski definition) is 14. The van der Waals surface area contributed by atoms with Gasteiger partial charge in [0, 0.05) is 17.7 Å². The van der Waals surface area contributed by atoms with Crippen molar-refractivity contribution < 1.29 is 47.5 Å². The number of para-hydroxylation sites is 1. The third-order valence-corrected chi connectivity index (χ3v) is 9.89. The monoisotopic (exact) mass is 865 g/mol. The zero-order chi connectivity index (χ0) is 43.5. The lowest BCUT2D eigenvalue weighted by Gasteiger charge is -2.13. The molecule has 0 spiro atoms. The standard InChI is InChI=1S/C48H55N3O10S/c1-3-46(52)60-29-13-7-5-11-27-54-38-17-21-40(22-18-38)56-31-32-58-42-25-26-44(37(35-42)36-49-51-48-50-43-15-9-10-16-45(43)62-48)59-34-33-57-41-23-19-39(20-24-41)55-28-12-6-8-14-30-61-47(53)4-2/h3-4,9-10,15-26,35-36H,1-2,5-8,11-14,27-34H2,(H,50,51)/b49-36+. The Morgan fingerprint density at radius 1 is 0.548 bits per heavy atom. The summed E-state index contributed by atoms with van der Waals surface area (Å²) in [5.74, 6) is 3.44. The maximum atomic E-state index is 11.1. The van der Waals surface area contributed by atoms with Crippen molar-refractivity contribution in [2.45, 2.75) is 51.4 Å². The second-order valence-electron chi connectivity index (χ2n) is 13.7. The van der Waals surface area contributed by atoms with Crippen LogP contribution >= 0.6 is 11.3 Å². The van der Waals surface area contributed by atoms with Gasteiger partial charge in [0.05, 0.1) is 42.9 Å². The Bertz CT molecular complexity index is 2110. The van der Waals surface area contributed by atoms with Gasteiger partial charge in [-0.15, -0.1) is 0 Å². The summed E-state index contributed by atoms with van der Waals surface area (Å²) in [5.41, 5.74) is 4.65. The van der Waals surface area contributed by atoms with Crippen LogP contribution in [-0.4, -0.2) is 76.0 Å². The first-order valence-corrected chi connectivity index (χ1v) is 21.6. The van der Waals surface area contributed by atoms with Crippen LogP contribution in [0.3, 0.4) is 0 Å². The molecule has 0 aliphatic rings. The molecule has 0 saturated carbocycles. The smallest absolute Gasteiger partial charge is 0.330 e. The Labute approximate surface area is 367 Å². The topological polar surface area (TPSA) is 145 Å². The van der Waals surface area contributed by atoms with Crippen LogP contribution in [0, 0.1) is 0 Å². The summed E-state index contributed by atoms with van der Waals surface area (Å²) in [6.07, 6.45) is 11.4. The quantitative estimate of drug-likeness (QED) is 0.0149. The molecule has 1 heterocycles. The SMILES string of the molecule is C=CC(=O)OCCCCCCOc1ccc(OCCOc2ccc(OCCOc3ccc(OCCCCCCOC(=O)C=C)cc3)c(/C=N/Nc3nc4ccccc4s3)c2)cc1. The molecule has 0 amide bonds. The summed E-state index contributed by atoms with van der Waals surface area (Å²) in [6.45, 7) is 10.1. The fraction of sp³-hybridized carbons (Fsp3) is 0.333. The molecule has 62 heavy (non-hydrogen) atoms. The molecule has 14 heteroatoms. The van der Waals surface area contributed by atoms with Gasteiger partial charge < -0.3 is 37.9 Å². The first kappa shape index (κ1) is 46.5. The summed E-state index contributed by atoms with van der Waals surface area (Å²) < 4.78 is 46.8. The summed E-state index contributed by atoms with van der Waals surface area (Å²) in [6, 6.07) is 28.5. The normalized spacial score (nSPS) is 10.8. The molecule has 0 fully saturated rings. The molecule has 0 saturated heterocycles. The van der Waals surface area contributed by atoms with E-state index in [2.05, 4.69) is 28.7 Å². The van der Waals surface area contributed by atoms with Gasteiger partial charge in [0.1, 0.15) is 60.9 Å². The van der Waals surface area contributed by atoms with Gasteiger partial charge in [-0.1, -0.05) is 36.6 Å². The number of aromatic nitrogens is 1. The molecule has 13 nitrogen and oxygen atoms in total. The van der Waals surface area contributed by atoms with E-state index in [-0.39, 0.29) is 11.9 Å². The van der Waals surface area contributed by atoms with Crippen molar-refractivity contribution >= 4 is 44.8 Å². The van der Waals surface area contributed by atoms with Crippen LogP contribution in [0.15, 0.2) is 121 Å². The molecule has 0 unspecified atom stereocenters. The Balaban J connectivity index is 1.03. The summed E-state index contributed by atoms with van der Waals surface area (Å²) in [4.78, 5) is 26.8. The largest absolute Gasteiger partial charge is 0.494 e. The zero-order valence-corrected chi connectivity index (χ0v) is 35.8. The number of hydrazone groups is 1. The van der Waals surface area contributed by atoms with Gasteiger partial charge in [0.15, 0.2) is 0 Å². The van der Waals surface area contributed by atoms with Crippen LogP contribution in [0.5, 0.6) is 34.5 Å². The lowest BCUT2D eigenvalue weighted by atomic mass is 10.2. The molecule has 0 atom stereocenters. The molecule has 0 radical (unpaired) electrons. The molecule has 0 aliphatic heterocycles. The zero-order valence-electron chi connectivity index (χ0n) is 35.0. The molecular weight excluding hydrogens is 811 g/mol. The number of rotatable bonds is 31. The van der Waals surface area contributed by atoms with Crippen LogP contribution in [0.1, 0.15) is 56.9 Å². The average molecular weight is 866 g/mol. The Morgan fingerprint density at radius 3 is 1.52 bits per heavy atom. The molecule has 5 rings (SSSR count). The van der Waals surface area contributed by atoms with E-state index in [1.807, 2.05) is 91.0 Å². The number of benzene rings is 4. The summed E-state index contributed by atoms with van der Waals surface area (Å²) >= 11 is 1.52. The van der Waals surface area contributed by atoms with Crippen LogP contribution in [-0.2, 0) is 19.1 Å². The van der Waals surface area contributed by atoms with Gasteiger partial charge in [-0.05, 0) is 130 Å². The number of ether oxygens (including phenoxy) is 8. The maximum Gasteiger partial charge on any atom is 0.330 e. The lowest BCUT2D eigenvalue weighted by molar-refractivity contribution is -0.138. The molecule has 0 aliphatic carbocycles. The number of fused-ring (bicyclic) bond motifs is 1. The predicted octanol–water partition coefficient (Wildman–Crippen LogP) is 9.99. The average Bonchev–Trinajstić information content (AvgIpc) is 3.72. The highest BCUT2D eigenvalue weighted by molar-refractivity contribution is 7.22. The van der Waals surface area contributed by atoms with Gasteiger partial charge >= 0.3 is 11.9 Å². The number of anilines is 1. The second-order valence-corrected chi connectivity index (χ2v) is 14.7. The number of thiazole rings is 1. The minimum atomic E-state index is -0.385. The molecule has 4 aromatic carbocycles. The Hall–Kier alpha value is -6.54. The molecule has 0 bridgehead atoms. The molecule has 5 aromatic rings. The lowest BCUT2D eigenvalue weighted by Crippen LogP contribution is -2.11. The van der Waals surface area contributed by atoms with Crippen LogP contribution in [0.25, 0.3) is 10.2 Å². The number of esters is 2. The molecular formula is C48H55N3O10S. The van der Waals surface area contributed by atoms with Crippen molar-refractivity contribution in [3.05, 3.63) is 122 Å². The summed E-state index contributed by atoms with van der Waals surface area (Å²) in [5, 5.41) is 5.13. The molecule has 1 N–H and O–H groups in total. The van der Waals surface area contributed by atoms with Crippen molar-refractivity contribution in [1.29, 1.82) is 0 Å². The van der Waals surface area contributed by atoms with E-state index in [9.17, 15) is 9.59 Å². The number of carbonyl (C=O) groups is 2. The summed E-state index contributed by atoms with van der Waals surface area (Å²) in [7, 11) is 0. The van der Waals surface area contributed by atoms with E-state index >= 15 is 0 Å². The van der Waals surface area contributed by atoms with E-state index in [1.54, 1.807) is 6.21 Å². The van der Waals surface area contributed by atoms with Crippen LogP contribution < -0.4 is 33.8 Å². The first-order chi connectivity index (χ1) is 30.5. The fourth-order valence-electron chi connectivity index (χ4n) is 5.78. The van der Waals surface area contributed by atoms with Crippen molar-refractivity contribution in [2.24, 2.45) is 5.10 Å². The van der Waals surface area contributed by atoms with Gasteiger partial charge in [0.25, 0.3) is 0 Å². The Morgan fingerprint density at radius 2 is 1.00 bits per heavy atom. The van der Waals surface area contributed by atoms with Gasteiger partial charge in [-0.2, -0.15) is 5.10 Å². The van der Waals surface area contributed by atoms with Gasteiger partial charge in [0.2, 0.25) is 5.13 Å². The van der Waals surface area contributed by atoms with Crippen molar-refractivity contribution in [3.63, 3.8) is 0 Å². The highest BCUT2D eigenvalue weighted by atomic mass is 32.1. The van der Waals surface area contributed by atoms with E-state index in [0.717, 1.165) is 73.1 Å². The number of nitrogens with one attached hydrogen (secondary N) is 1. The molecule has 1 aromatic heterocycles. The second kappa shape index (κ2) is 27.3. The van der Waals surface area contributed by atoms with Crippen LogP contribution in [0.2, 0.25) is 0 Å². The third-order valence-electron chi connectivity index (χ3n) is 8.95. The van der Waals surface area contributed by atoms with Crippen LogP contribution in [0.4, 0.5) is 5.13 Å². The highest BCUT2D eigenvalue weighted by Gasteiger charge is 2.08. The first-order valence-electron chi connectivity index (χ1n) is 20.8.